The Balaban J connectivity index is 2.22. The molecule has 3 rings (SSSR count). The lowest BCUT2D eigenvalue weighted by molar-refractivity contribution is 0.640. The Morgan fingerprint density at radius 3 is 2.59 bits per heavy atom. The van der Waals surface area contributed by atoms with Crippen LogP contribution in [0.25, 0.3) is 22.2 Å². The fourth-order valence-electron chi connectivity index (χ4n) is 1.93. The molecule has 0 aliphatic rings. The molecule has 0 radical (unpaired) electrons. The summed E-state index contributed by atoms with van der Waals surface area (Å²) in [5.41, 5.74) is 2.78. The molecule has 1 heterocycles. The van der Waals surface area contributed by atoms with Crippen LogP contribution in [0, 0.1) is 5.82 Å². The van der Waals surface area contributed by atoms with E-state index in [9.17, 15) is 4.39 Å². The van der Waals surface area contributed by atoms with Crippen LogP contribution in [0.5, 0.6) is 0 Å². The molecule has 0 aliphatic carbocycles. The van der Waals surface area contributed by atoms with Crippen LogP contribution in [0.4, 0.5) is 4.39 Å². The molecule has 0 saturated heterocycles. The van der Waals surface area contributed by atoms with Crippen molar-refractivity contribution < 1.29 is 4.39 Å². The number of nitrogens with one attached hydrogen (secondary N) is 1. The van der Waals surface area contributed by atoms with Gasteiger partial charge in [-0.05, 0) is 35.9 Å². The molecule has 1 nitrogen and oxygen atoms in total. The first-order valence-corrected chi connectivity index (χ1v) is 6.06. The quantitative estimate of drug-likeness (QED) is 0.666. The van der Waals surface area contributed by atoms with E-state index in [1.807, 2.05) is 36.4 Å². The Hall–Kier alpha value is -1.61. The van der Waals surface area contributed by atoms with Crippen molar-refractivity contribution in [3.05, 3.63) is 58.8 Å². The highest BCUT2D eigenvalue weighted by molar-refractivity contribution is 9.10. The lowest BCUT2D eigenvalue weighted by Gasteiger charge is -1.97. The van der Waals surface area contributed by atoms with Crippen LogP contribution >= 0.6 is 15.9 Å². The van der Waals surface area contributed by atoms with E-state index in [2.05, 4.69) is 20.9 Å². The molecule has 0 saturated carbocycles. The maximum Gasteiger partial charge on any atom is 0.132 e. The van der Waals surface area contributed by atoms with Gasteiger partial charge in [-0.3, -0.25) is 0 Å². The van der Waals surface area contributed by atoms with Crippen molar-refractivity contribution in [2.45, 2.75) is 0 Å². The zero-order chi connectivity index (χ0) is 11.8. The molecule has 2 aromatic carbocycles. The number of halogens is 2. The van der Waals surface area contributed by atoms with Gasteiger partial charge in [0.25, 0.3) is 0 Å². The smallest absolute Gasteiger partial charge is 0.132 e. The molecular weight excluding hydrogens is 281 g/mol. The maximum absolute atomic E-state index is 13.6. The molecule has 17 heavy (non-hydrogen) atoms. The fraction of sp³-hybridized carbons (Fsp3) is 0. The first-order chi connectivity index (χ1) is 8.24. The summed E-state index contributed by atoms with van der Waals surface area (Å²) in [7, 11) is 0. The third kappa shape index (κ3) is 1.87. The lowest BCUT2D eigenvalue weighted by Crippen LogP contribution is -1.76. The van der Waals surface area contributed by atoms with Crippen LogP contribution in [0.3, 0.4) is 0 Å². The number of aromatic nitrogens is 1. The summed E-state index contributed by atoms with van der Waals surface area (Å²) in [6.45, 7) is 0. The number of H-pyrrole nitrogens is 1. The van der Waals surface area contributed by atoms with Crippen LogP contribution in [0.15, 0.2) is 53.0 Å². The second-order valence-corrected chi connectivity index (χ2v) is 4.81. The van der Waals surface area contributed by atoms with E-state index in [0.717, 1.165) is 21.2 Å². The summed E-state index contributed by atoms with van der Waals surface area (Å²) in [6, 6.07) is 14.8. The average Bonchev–Trinajstić information content (AvgIpc) is 2.74. The Morgan fingerprint density at radius 1 is 1.00 bits per heavy atom. The van der Waals surface area contributed by atoms with Crippen molar-refractivity contribution in [1.29, 1.82) is 0 Å². The number of benzene rings is 2. The molecule has 0 bridgehead atoms. The van der Waals surface area contributed by atoms with E-state index in [-0.39, 0.29) is 5.82 Å². The predicted molar refractivity (Wildman–Crippen MR) is 71.4 cm³/mol. The molecule has 0 fully saturated rings. The van der Waals surface area contributed by atoms with Crippen LogP contribution in [-0.2, 0) is 0 Å². The Kier molecular flexibility index (Phi) is 2.48. The van der Waals surface area contributed by atoms with Gasteiger partial charge in [-0.2, -0.15) is 0 Å². The summed E-state index contributed by atoms with van der Waals surface area (Å²) in [5.74, 6) is -0.194. The Labute approximate surface area is 106 Å². The maximum atomic E-state index is 13.6. The molecule has 0 spiro atoms. The number of hydrogen-bond acceptors (Lipinski definition) is 0. The van der Waals surface area contributed by atoms with Crippen molar-refractivity contribution >= 4 is 26.8 Å². The molecule has 3 aromatic rings. The largest absolute Gasteiger partial charge is 0.354 e. The number of aromatic amines is 1. The zero-order valence-corrected chi connectivity index (χ0v) is 10.5. The van der Waals surface area contributed by atoms with Crippen molar-refractivity contribution in [1.82, 2.24) is 4.98 Å². The molecular formula is C14H9BrFN. The van der Waals surface area contributed by atoms with Gasteiger partial charge in [0, 0.05) is 21.1 Å². The number of fused-ring (bicyclic) bond motifs is 1. The van der Waals surface area contributed by atoms with Crippen molar-refractivity contribution in [2.75, 3.05) is 0 Å². The number of hydrogen-bond donors (Lipinski definition) is 1. The second kappa shape index (κ2) is 4.00. The van der Waals surface area contributed by atoms with Gasteiger partial charge in [0.2, 0.25) is 0 Å². The van der Waals surface area contributed by atoms with Gasteiger partial charge in [-0.25, -0.2) is 4.39 Å². The first kappa shape index (κ1) is 10.5. The van der Waals surface area contributed by atoms with E-state index < -0.39 is 0 Å². The third-order valence-electron chi connectivity index (χ3n) is 2.75. The van der Waals surface area contributed by atoms with Crippen LogP contribution in [0.1, 0.15) is 0 Å². The SMILES string of the molecule is Fc1cccc2[nH]c(-c3cccc(Br)c3)cc12. The zero-order valence-electron chi connectivity index (χ0n) is 8.87. The summed E-state index contributed by atoms with van der Waals surface area (Å²) < 4.78 is 14.6. The van der Waals surface area contributed by atoms with Gasteiger partial charge >= 0.3 is 0 Å². The number of rotatable bonds is 1. The van der Waals surface area contributed by atoms with E-state index in [0.29, 0.717) is 5.39 Å². The monoisotopic (exact) mass is 289 g/mol. The van der Waals surface area contributed by atoms with Gasteiger partial charge in [0.15, 0.2) is 0 Å². The molecule has 0 unspecified atom stereocenters. The third-order valence-corrected chi connectivity index (χ3v) is 3.24. The second-order valence-electron chi connectivity index (χ2n) is 3.89. The van der Waals surface area contributed by atoms with E-state index in [1.54, 1.807) is 6.07 Å². The highest BCUT2D eigenvalue weighted by atomic mass is 79.9. The molecule has 0 atom stereocenters. The molecule has 0 aliphatic heterocycles. The summed E-state index contributed by atoms with van der Waals surface area (Å²) in [5, 5.41) is 0.627. The molecule has 3 heteroatoms. The molecule has 1 N–H and O–H groups in total. The summed E-state index contributed by atoms with van der Waals surface area (Å²) in [6.07, 6.45) is 0. The highest BCUT2D eigenvalue weighted by Gasteiger charge is 2.06. The lowest BCUT2D eigenvalue weighted by atomic mass is 10.1. The molecule has 1 aromatic heterocycles. The topological polar surface area (TPSA) is 15.8 Å². The minimum atomic E-state index is -0.194. The van der Waals surface area contributed by atoms with Gasteiger partial charge < -0.3 is 4.98 Å². The normalized spacial score (nSPS) is 10.9. The van der Waals surface area contributed by atoms with Crippen LogP contribution in [0.2, 0.25) is 0 Å². The van der Waals surface area contributed by atoms with E-state index in [4.69, 9.17) is 0 Å². The predicted octanol–water partition coefficient (Wildman–Crippen LogP) is 4.74. The summed E-state index contributed by atoms with van der Waals surface area (Å²) in [4.78, 5) is 3.22. The minimum absolute atomic E-state index is 0.194. The van der Waals surface area contributed by atoms with Gasteiger partial charge in [0.05, 0.1) is 0 Å². The standard InChI is InChI=1S/C14H9BrFN/c15-10-4-1-3-9(7-10)14-8-11-12(16)5-2-6-13(11)17-14/h1-8,17H. The molecule has 84 valence electrons. The van der Waals surface area contributed by atoms with E-state index in [1.165, 1.54) is 6.07 Å². The summed E-state index contributed by atoms with van der Waals surface area (Å²) >= 11 is 3.43. The van der Waals surface area contributed by atoms with Crippen LogP contribution < -0.4 is 0 Å². The van der Waals surface area contributed by atoms with Crippen molar-refractivity contribution in [3.63, 3.8) is 0 Å². The van der Waals surface area contributed by atoms with E-state index >= 15 is 0 Å². The minimum Gasteiger partial charge on any atom is -0.354 e. The average molecular weight is 290 g/mol. The Bertz CT molecular complexity index is 688. The van der Waals surface area contributed by atoms with Crippen molar-refractivity contribution in [3.8, 4) is 11.3 Å². The van der Waals surface area contributed by atoms with Crippen molar-refractivity contribution in [2.24, 2.45) is 0 Å². The molecule has 0 amide bonds. The first-order valence-electron chi connectivity index (χ1n) is 5.27. The van der Waals surface area contributed by atoms with Gasteiger partial charge in [0.1, 0.15) is 5.82 Å². The van der Waals surface area contributed by atoms with Gasteiger partial charge in [-0.15, -0.1) is 0 Å². The fourth-order valence-corrected chi connectivity index (χ4v) is 2.33. The van der Waals surface area contributed by atoms with Gasteiger partial charge in [-0.1, -0.05) is 34.1 Å². The Morgan fingerprint density at radius 2 is 1.82 bits per heavy atom. The van der Waals surface area contributed by atoms with Crippen LogP contribution in [-0.4, -0.2) is 4.98 Å². The highest BCUT2D eigenvalue weighted by Crippen LogP contribution is 2.27.